The number of hydrogen-bond donors (Lipinski definition) is 1. The molecule has 1 aromatic carbocycles. The van der Waals surface area contributed by atoms with Crippen LogP contribution in [-0.4, -0.2) is 22.2 Å². The molecule has 1 unspecified atom stereocenters. The molecule has 0 heterocycles. The summed E-state index contributed by atoms with van der Waals surface area (Å²) in [4.78, 5) is 10.4. The summed E-state index contributed by atoms with van der Waals surface area (Å²) < 4.78 is 5.46. The lowest BCUT2D eigenvalue weighted by atomic mass is 9.94. The van der Waals surface area contributed by atoms with Gasteiger partial charge in [0.05, 0.1) is 10.5 Å². The molecule has 0 fully saturated rings. The van der Waals surface area contributed by atoms with Gasteiger partial charge >= 0.3 is 5.69 Å². The largest absolute Gasteiger partial charge is 0.484 e. The van der Waals surface area contributed by atoms with Crippen molar-refractivity contribution < 1.29 is 14.8 Å². The Morgan fingerprint density at radius 1 is 1.50 bits per heavy atom. The Kier molecular flexibility index (Phi) is 4.29. The van der Waals surface area contributed by atoms with Crippen molar-refractivity contribution in [3.8, 4) is 5.75 Å². The maximum Gasteiger partial charge on any atom is 0.311 e. The molecule has 0 aliphatic rings. The smallest absolute Gasteiger partial charge is 0.311 e. The second-order valence-electron chi connectivity index (χ2n) is 4.98. The molecule has 0 saturated heterocycles. The first kappa shape index (κ1) is 14.4. The molecular weight excluding hydrogens is 234 g/mol. The molecule has 0 bridgehead atoms. The van der Waals surface area contributed by atoms with Crippen LogP contribution < -0.4 is 4.74 Å². The van der Waals surface area contributed by atoms with Gasteiger partial charge in [-0.1, -0.05) is 26.0 Å². The number of aryl methyl sites for hydroxylation is 1. The van der Waals surface area contributed by atoms with Crippen molar-refractivity contribution in [3.63, 3.8) is 0 Å². The third-order valence-corrected chi connectivity index (χ3v) is 3.14. The lowest BCUT2D eigenvalue weighted by molar-refractivity contribution is -0.386. The van der Waals surface area contributed by atoms with Gasteiger partial charge < -0.3 is 9.84 Å². The van der Waals surface area contributed by atoms with Crippen molar-refractivity contribution in [1.82, 2.24) is 0 Å². The molecule has 0 aromatic heterocycles. The molecule has 1 rings (SSSR count). The van der Waals surface area contributed by atoms with Crippen molar-refractivity contribution >= 4 is 5.69 Å². The standard InChI is InChI=1S/C13H19NO4/c1-9(2)13(4,15)8-18-12-10(3)6-5-7-11(12)14(16)17/h5-7,9,15H,8H2,1-4H3. The summed E-state index contributed by atoms with van der Waals surface area (Å²) in [6.07, 6.45) is 0. The Morgan fingerprint density at radius 3 is 2.61 bits per heavy atom. The van der Waals surface area contributed by atoms with Crippen molar-refractivity contribution in [1.29, 1.82) is 0 Å². The average molecular weight is 253 g/mol. The fourth-order valence-electron chi connectivity index (χ4n) is 1.35. The maximum absolute atomic E-state index is 10.9. The van der Waals surface area contributed by atoms with Gasteiger partial charge in [-0.15, -0.1) is 0 Å². The number of aliphatic hydroxyl groups is 1. The molecule has 5 nitrogen and oxygen atoms in total. The Balaban J connectivity index is 2.95. The second kappa shape index (κ2) is 5.35. The monoisotopic (exact) mass is 253 g/mol. The summed E-state index contributed by atoms with van der Waals surface area (Å²) in [6.45, 7) is 7.16. The number of benzene rings is 1. The predicted octanol–water partition coefficient (Wildman–Crippen LogP) is 2.69. The van der Waals surface area contributed by atoms with E-state index in [1.165, 1.54) is 6.07 Å². The van der Waals surface area contributed by atoms with Crippen molar-refractivity contribution in [2.24, 2.45) is 5.92 Å². The van der Waals surface area contributed by atoms with Crippen molar-refractivity contribution in [2.75, 3.05) is 6.61 Å². The van der Waals surface area contributed by atoms with E-state index >= 15 is 0 Å². The first-order chi connectivity index (χ1) is 8.25. The quantitative estimate of drug-likeness (QED) is 0.646. The van der Waals surface area contributed by atoms with Crippen LogP contribution in [0.2, 0.25) is 0 Å². The van der Waals surface area contributed by atoms with Gasteiger partial charge in [-0.25, -0.2) is 0 Å². The highest BCUT2D eigenvalue weighted by atomic mass is 16.6. The minimum Gasteiger partial charge on any atom is -0.484 e. The van der Waals surface area contributed by atoms with Gasteiger partial charge in [0.1, 0.15) is 6.61 Å². The lowest BCUT2D eigenvalue weighted by Crippen LogP contribution is -2.38. The molecule has 0 amide bonds. The van der Waals surface area contributed by atoms with Gasteiger partial charge in [-0.05, 0) is 25.3 Å². The van der Waals surface area contributed by atoms with Crippen LogP contribution in [0.4, 0.5) is 5.69 Å². The number of ether oxygens (including phenoxy) is 1. The van der Waals surface area contributed by atoms with E-state index in [-0.39, 0.29) is 24.0 Å². The Hall–Kier alpha value is -1.62. The van der Waals surface area contributed by atoms with Gasteiger partial charge in [0.2, 0.25) is 0 Å². The number of rotatable bonds is 5. The molecule has 0 spiro atoms. The number of nitro groups is 1. The Labute approximate surface area is 107 Å². The van der Waals surface area contributed by atoms with E-state index in [4.69, 9.17) is 4.74 Å². The summed E-state index contributed by atoms with van der Waals surface area (Å²) in [5.74, 6) is 0.226. The normalized spacial score (nSPS) is 14.3. The first-order valence-corrected chi connectivity index (χ1v) is 5.85. The fraction of sp³-hybridized carbons (Fsp3) is 0.538. The van der Waals surface area contributed by atoms with E-state index in [1.807, 2.05) is 13.8 Å². The van der Waals surface area contributed by atoms with Gasteiger partial charge in [-0.3, -0.25) is 10.1 Å². The lowest BCUT2D eigenvalue weighted by Gasteiger charge is -2.27. The highest BCUT2D eigenvalue weighted by Gasteiger charge is 2.27. The number of para-hydroxylation sites is 1. The van der Waals surface area contributed by atoms with Crippen molar-refractivity contribution in [3.05, 3.63) is 33.9 Å². The SMILES string of the molecule is Cc1cccc([N+](=O)[O-])c1OCC(C)(O)C(C)C. The number of nitrogens with zero attached hydrogens (tertiary/aromatic N) is 1. The van der Waals surface area contributed by atoms with E-state index in [1.54, 1.807) is 26.0 Å². The van der Waals surface area contributed by atoms with Crippen LogP contribution in [0.3, 0.4) is 0 Å². The number of nitro benzene ring substituents is 1. The van der Waals surface area contributed by atoms with Gasteiger partial charge in [0, 0.05) is 6.07 Å². The van der Waals surface area contributed by atoms with Crippen LogP contribution in [0.25, 0.3) is 0 Å². The Morgan fingerprint density at radius 2 is 2.11 bits per heavy atom. The molecule has 18 heavy (non-hydrogen) atoms. The van der Waals surface area contributed by atoms with Crippen molar-refractivity contribution in [2.45, 2.75) is 33.3 Å². The molecule has 0 radical (unpaired) electrons. The van der Waals surface area contributed by atoms with Crippen LogP contribution in [0.15, 0.2) is 18.2 Å². The summed E-state index contributed by atoms with van der Waals surface area (Å²) in [5.41, 5.74) is -0.408. The summed E-state index contributed by atoms with van der Waals surface area (Å²) in [6, 6.07) is 4.75. The van der Waals surface area contributed by atoms with Crippen LogP contribution in [0, 0.1) is 23.0 Å². The maximum atomic E-state index is 10.9. The minimum atomic E-state index is -1.02. The van der Waals surface area contributed by atoms with Crippen LogP contribution in [0.1, 0.15) is 26.3 Å². The van der Waals surface area contributed by atoms with E-state index < -0.39 is 10.5 Å². The third-order valence-electron chi connectivity index (χ3n) is 3.14. The predicted molar refractivity (Wildman–Crippen MR) is 68.8 cm³/mol. The molecule has 0 aliphatic carbocycles. The molecule has 1 aromatic rings. The average Bonchev–Trinajstić information content (AvgIpc) is 2.26. The highest BCUT2D eigenvalue weighted by molar-refractivity contribution is 5.51. The fourth-order valence-corrected chi connectivity index (χ4v) is 1.35. The van der Waals surface area contributed by atoms with Crippen LogP contribution in [-0.2, 0) is 0 Å². The summed E-state index contributed by atoms with van der Waals surface area (Å²) >= 11 is 0. The van der Waals surface area contributed by atoms with Gasteiger partial charge in [0.15, 0.2) is 5.75 Å². The molecule has 1 N–H and O–H groups in total. The third kappa shape index (κ3) is 3.20. The molecule has 0 saturated carbocycles. The zero-order valence-electron chi connectivity index (χ0n) is 11.1. The highest BCUT2D eigenvalue weighted by Crippen LogP contribution is 2.31. The molecule has 5 heteroatoms. The van der Waals surface area contributed by atoms with E-state index in [0.717, 1.165) is 0 Å². The van der Waals surface area contributed by atoms with E-state index in [2.05, 4.69) is 0 Å². The van der Waals surface area contributed by atoms with Gasteiger partial charge in [-0.2, -0.15) is 0 Å². The van der Waals surface area contributed by atoms with Crippen LogP contribution in [0.5, 0.6) is 5.75 Å². The zero-order valence-corrected chi connectivity index (χ0v) is 11.1. The zero-order chi connectivity index (χ0) is 13.9. The van der Waals surface area contributed by atoms with Crippen LogP contribution >= 0.6 is 0 Å². The molecule has 100 valence electrons. The minimum absolute atomic E-state index is 0.000532. The summed E-state index contributed by atoms with van der Waals surface area (Å²) in [7, 11) is 0. The molecule has 1 atom stereocenters. The van der Waals surface area contributed by atoms with Gasteiger partial charge in [0.25, 0.3) is 0 Å². The topological polar surface area (TPSA) is 72.6 Å². The first-order valence-electron chi connectivity index (χ1n) is 5.85. The molecule has 0 aliphatic heterocycles. The second-order valence-corrected chi connectivity index (χ2v) is 4.98. The Bertz CT molecular complexity index is 441. The van der Waals surface area contributed by atoms with E-state index in [0.29, 0.717) is 5.56 Å². The van der Waals surface area contributed by atoms with E-state index in [9.17, 15) is 15.2 Å². The summed E-state index contributed by atoms with van der Waals surface area (Å²) in [5, 5.41) is 21.0. The number of hydrogen-bond acceptors (Lipinski definition) is 4. The molecular formula is C13H19NO4.